The molecule has 0 amide bonds. The number of ether oxygens (including phenoxy) is 5. The van der Waals surface area contributed by atoms with Gasteiger partial charge in [0.2, 0.25) is 0 Å². The van der Waals surface area contributed by atoms with Crippen LogP contribution in [0.15, 0.2) is 0 Å². The number of carbonyl (C=O) groups excluding carboxylic acids is 4. The molecule has 0 saturated carbocycles. The Balaban J connectivity index is 4.60. The lowest BCUT2D eigenvalue weighted by molar-refractivity contribution is -0.168. The van der Waals surface area contributed by atoms with Crippen molar-refractivity contribution in [2.75, 3.05) is 26.4 Å². The predicted molar refractivity (Wildman–Crippen MR) is 93.7 cm³/mol. The maximum atomic E-state index is 11.5. The Hall–Kier alpha value is -2.16. The molecule has 0 radical (unpaired) electrons. The van der Waals surface area contributed by atoms with E-state index in [9.17, 15) is 19.2 Å². The van der Waals surface area contributed by atoms with E-state index in [-0.39, 0.29) is 52.1 Å². The normalized spacial score (nSPS) is 12.6. The van der Waals surface area contributed by atoms with Crippen LogP contribution in [0.3, 0.4) is 0 Å². The molecule has 0 aliphatic rings. The summed E-state index contributed by atoms with van der Waals surface area (Å²) in [6.45, 7) is 6.17. The van der Waals surface area contributed by atoms with Crippen LogP contribution < -0.4 is 0 Å². The van der Waals surface area contributed by atoms with Gasteiger partial charge in [-0.15, -0.1) is 0 Å². The standard InChI is InChI=1S/C18H30O9/c1-5-15(19)24-11-13(26-17(21)7-3)9-23-10-14(27-18(22)8-4)12-25-16(20)6-2/h13-14H,5-12H2,1-4H3. The summed E-state index contributed by atoms with van der Waals surface area (Å²) in [5.74, 6) is -1.76. The summed E-state index contributed by atoms with van der Waals surface area (Å²) in [6, 6.07) is 0. The van der Waals surface area contributed by atoms with E-state index in [4.69, 9.17) is 23.7 Å². The summed E-state index contributed by atoms with van der Waals surface area (Å²) >= 11 is 0. The maximum absolute atomic E-state index is 11.5. The van der Waals surface area contributed by atoms with Crippen LogP contribution in [0.5, 0.6) is 0 Å². The minimum absolute atomic E-state index is 0.0648. The van der Waals surface area contributed by atoms with E-state index in [2.05, 4.69) is 0 Å². The zero-order chi connectivity index (χ0) is 20.7. The van der Waals surface area contributed by atoms with Crippen LogP contribution >= 0.6 is 0 Å². The topological polar surface area (TPSA) is 114 Å². The van der Waals surface area contributed by atoms with Crippen LogP contribution in [0.4, 0.5) is 0 Å². The quantitative estimate of drug-likeness (QED) is 0.322. The molecular formula is C18H30O9. The van der Waals surface area contributed by atoms with Gasteiger partial charge in [0, 0.05) is 25.7 Å². The Morgan fingerprint density at radius 2 is 0.889 bits per heavy atom. The summed E-state index contributed by atoms with van der Waals surface area (Å²) in [6.07, 6.45) is -0.827. The van der Waals surface area contributed by atoms with Gasteiger partial charge in [-0.3, -0.25) is 19.2 Å². The monoisotopic (exact) mass is 390 g/mol. The van der Waals surface area contributed by atoms with Crippen LogP contribution in [0, 0.1) is 0 Å². The van der Waals surface area contributed by atoms with E-state index in [0.717, 1.165) is 0 Å². The molecular weight excluding hydrogens is 360 g/mol. The summed E-state index contributed by atoms with van der Waals surface area (Å²) in [5.41, 5.74) is 0. The van der Waals surface area contributed by atoms with E-state index in [1.807, 2.05) is 0 Å². The van der Waals surface area contributed by atoms with E-state index in [1.54, 1.807) is 27.7 Å². The van der Waals surface area contributed by atoms with Gasteiger partial charge in [-0.2, -0.15) is 0 Å². The SMILES string of the molecule is CCC(=O)OCC(COCC(COC(=O)CC)OC(=O)CC)OC(=O)CC. The lowest BCUT2D eigenvalue weighted by atomic mass is 10.3. The largest absolute Gasteiger partial charge is 0.462 e. The highest BCUT2D eigenvalue weighted by atomic mass is 16.6. The molecule has 0 fully saturated rings. The predicted octanol–water partition coefficient (Wildman–Crippen LogP) is 1.55. The highest BCUT2D eigenvalue weighted by Gasteiger charge is 2.20. The van der Waals surface area contributed by atoms with Crippen LogP contribution in [0.1, 0.15) is 53.4 Å². The molecule has 156 valence electrons. The first-order valence-electron chi connectivity index (χ1n) is 9.13. The zero-order valence-electron chi connectivity index (χ0n) is 16.5. The minimum atomic E-state index is -0.784. The van der Waals surface area contributed by atoms with Crippen LogP contribution in [-0.4, -0.2) is 62.5 Å². The van der Waals surface area contributed by atoms with E-state index < -0.39 is 36.1 Å². The highest BCUT2D eigenvalue weighted by molar-refractivity contribution is 5.70. The van der Waals surface area contributed by atoms with Gasteiger partial charge in [-0.05, 0) is 0 Å². The maximum Gasteiger partial charge on any atom is 0.305 e. The average Bonchev–Trinajstić information content (AvgIpc) is 2.68. The van der Waals surface area contributed by atoms with Gasteiger partial charge in [-0.1, -0.05) is 27.7 Å². The van der Waals surface area contributed by atoms with Gasteiger partial charge in [-0.25, -0.2) is 0 Å². The Morgan fingerprint density at radius 1 is 0.556 bits per heavy atom. The van der Waals surface area contributed by atoms with E-state index in [1.165, 1.54) is 0 Å². The Kier molecular flexibility index (Phi) is 13.8. The van der Waals surface area contributed by atoms with Gasteiger partial charge in [0.25, 0.3) is 0 Å². The molecule has 0 aromatic rings. The van der Waals surface area contributed by atoms with Crippen LogP contribution in [0.25, 0.3) is 0 Å². The second kappa shape index (κ2) is 15.0. The van der Waals surface area contributed by atoms with Gasteiger partial charge in [0.15, 0.2) is 12.2 Å². The molecule has 0 bridgehead atoms. The number of rotatable bonds is 14. The van der Waals surface area contributed by atoms with Crippen LogP contribution in [0.2, 0.25) is 0 Å². The van der Waals surface area contributed by atoms with Crippen LogP contribution in [-0.2, 0) is 42.9 Å². The summed E-state index contributed by atoms with van der Waals surface area (Å²) in [4.78, 5) is 45.5. The number of hydrogen-bond acceptors (Lipinski definition) is 9. The first-order valence-corrected chi connectivity index (χ1v) is 9.13. The molecule has 0 aliphatic carbocycles. The first-order chi connectivity index (χ1) is 12.9. The molecule has 0 rings (SSSR count). The zero-order valence-corrected chi connectivity index (χ0v) is 16.5. The molecule has 0 N–H and O–H groups in total. The smallest absolute Gasteiger partial charge is 0.305 e. The first kappa shape index (κ1) is 24.8. The van der Waals surface area contributed by atoms with Gasteiger partial charge >= 0.3 is 23.9 Å². The van der Waals surface area contributed by atoms with E-state index >= 15 is 0 Å². The molecule has 27 heavy (non-hydrogen) atoms. The Morgan fingerprint density at radius 3 is 1.19 bits per heavy atom. The molecule has 9 nitrogen and oxygen atoms in total. The lowest BCUT2D eigenvalue weighted by Crippen LogP contribution is -2.34. The average molecular weight is 390 g/mol. The fourth-order valence-corrected chi connectivity index (χ4v) is 1.68. The third kappa shape index (κ3) is 12.8. The number of hydrogen-bond donors (Lipinski definition) is 0. The Labute approximate surface area is 159 Å². The second-order valence-electron chi connectivity index (χ2n) is 5.54. The third-order valence-corrected chi connectivity index (χ3v) is 3.22. The summed E-state index contributed by atoms with van der Waals surface area (Å²) in [7, 11) is 0. The van der Waals surface area contributed by atoms with Crippen molar-refractivity contribution in [3.8, 4) is 0 Å². The van der Waals surface area contributed by atoms with Gasteiger partial charge in [0.1, 0.15) is 13.2 Å². The molecule has 0 spiro atoms. The molecule has 2 atom stereocenters. The van der Waals surface area contributed by atoms with Gasteiger partial charge < -0.3 is 23.7 Å². The molecule has 9 heteroatoms. The van der Waals surface area contributed by atoms with Crippen molar-refractivity contribution in [2.45, 2.75) is 65.6 Å². The third-order valence-electron chi connectivity index (χ3n) is 3.22. The van der Waals surface area contributed by atoms with Crippen molar-refractivity contribution in [3.05, 3.63) is 0 Å². The molecule has 0 aromatic heterocycles. The molecule has 0 aromatic carbocycles. The second-order valence-corrected chi connectivity index (χ2v) is 5.54. The number of esters is 4. The molecule has 0 heterocycles. The van der Waals surface area contributed by atoms with Crippen molar-refractivity contribution in [2.24, 2.45) is 0 Å². The van der Waals surface area contributed by atoms with Gasteiger partial charge in [0.05, 0.1) is 13.2 Å². The molecule has 0 aliphatic heterocycles. The lowest BCUT2D eigenvalue weighted by Gasteiger charge is -2.21. The number of carbonyl (C=O) groups is 4. The van der Waals surface area contributed by atoms with Crippen molar-refractivity contribution in [3.63, 3.8) is 0 Å². The van der Waals surface area contributed by atoms with E-state index in [0.29, 0.717) is 0 Å². The minimum Gasteiger partial charge on any atom is -0.462 e. The summed E-state index contributed by atoms with van der Waals surface area (Å²) in [5, 5.41) is 0. The molecule has 0 saturated heterocycles. The summed E-state index contributed by atoms with van der Waals surface area (Å²) < 4.78 is 25.7. The van der Waals surface area contributed by atoms with Crippen molar-refractivity contribution in [1.29, 1.82) is 0 Å². The van der Waals surface area contributed by atoms with Crippen molar-refractivity contribution < 1.29 is 42.9 Å². The molecule has 2 unspecified atom stereocenters. The fourth-order valence-electron chi connectivity index (χ4n) is 1.68. The Bertz CT molecular complexity index is 433. The van der Waals surface area contributed by atoms with Crippen molar-refractivity contribution in [1.82, 2.24) is 0 Å². The highest BCUT2D eigenvalue weighted by Crippen LogP contribution is 2.04. The fraction of sp³-hybridized carbons (Fsp3) is 0.778. The van der Waals surface area contributed by atoms with Crippen molar-refractivity contribution >= 4 is 23.9 Å².